The molecule has 0 bridgehead atoms. The van der Waals surface area contributed by atoms with Gasteiger partial charge in [-0.05, 0) is 73.3 Å². The van der Waals surface area contributed by atoms with Gasteiger partial charge >= 0.3 is 0 Å². The lowest BCUT2D eigenvalue weighted by Crippen LogP contribution is -2.48. The Morgan fingerprint density at radius 1 is 0.862 bits per heavy atom. The van der Waals surface area contributed by atoms with E-state index in [4.69, 9.17) is 4.74 Å². The number of para-hydroxylation sites is 1. The van der Waals surface area contributed by atoms with Crippen molar-refractivity contribution < 1.29 is 4.74 Å². The van der Waals surface area contributed by atoms with Crippen LogP contribution in [0.3, 0.4) is 0 Å². The highest BCUT2D eigenvalue weighted by Gasteiger charge is 2.32. The number of nitrogens with zero attached hydrogens (tertiary/aromatic N) is 2. The van der Waals surface area contributed by atoms with Crippen LogP contribution in [0.4, 0.5) is 5.69 Å². The summed E-state index contributed by atoms with van der Waals surface area (Å²) in [6.07, 6.45) is 8.01. The molecule has 4 rings (SSSR count). The molecular weight excluding hydrogens is 356 g/mol. The fraction of sp³-hybridized carbons (Fsp3) is 0.769. The van der Waals surface area contributed by atoms with Crippen molar-refractivity contribution in [3.8, 4) is 0 Å². The first-order chi connectivity index (χ1) is 14.0. The SMILES string of the molecule is CC(C)(C)C1CCC(c2ccccc2N2CCN(CC3CCOCC3)CC2)CC1. The molecule has 0 amide bonds. The van der Waals surface area contributed by atoms with Gasteiger partial charge in [0.05, 0.1) is 0 Å². The van der Waals surface area contributed by atoms with Crippen LogP contribution in [0.1, 0.15) is 70.8 Å². The van der Waals surface area contributed by atoms with Crippen molar-refractivity contribution in [3.05, 3.63) is 29.8 Å². The van der Waals surface area contributed by atoms with E-state index in [9.17, 15) is 0 Å². The summed E-state index contributed by atoms with van der Waals surface area (Å²) >= 11 is 0. The number of piperazine rings is 1. The van der Waals surface area contributed by atoms with Crippen LogP contribution in [0.15, 0.2) is 24.3 Å². The summed E-state index contributed by atoms with van der Waals surface area (Å²) in [7, 11) is 0. The molecule has 2 heterocycles. The van der Waals surface area contributed by atoms with Crippen molar-refractivity contribution in [1.82, 2.24) is 4.90 Å². The first kappa shape index (κ1) is 21.2. The Hall–Kier alpha value is -1.06. The Morgan fingerprint density at radius 3 is 2.17 bits per heavy atom. The van der Waals surface area contributed by atoms with Crippen molar-refractivity contribution in [2.24, 2.45) is 17.3 Å². The second-order valence-electron chi connectivity index (χ2n) is 10.8. The van der Waals surface area contributed by atoms with Gasteiger partial charge in [-0.2, -0.15) is 0 Å². The molecule has 29 heavy (non-hydrogen) atoms. The molecule has 0 atom stereocenters. The van der Waals surface area contributed by atoms with Crippen LogP contribution < -0.4 is 4.90 Å². The smallest absolute Gasteiger partial charge is 0.0469 e. The van der Waals surface area contributed by atoms with Crippen molar-refractivity contribution >= 4 is 5.69 Å². The van der Waals surface area contributed by atoms with Gasteiger partial charge in [0.2, 0.25) is 0 Å². The van der Waals surface area contributed by atoms with Gasteiger partial charge in [0.1, 0.15) is 0 Å². The van der Waals surface area contributed by atoms with Crippen LogP contribution in [0.2, 0.25) is 0 Å². The van der Waals surface area contributed by atoms with E-state index in [0.29, 0.717) is 5.41 Å². The number of anilines is 1. The number of rotatable bonds is 4. The summed E-state index contributed by atoms with van der Waals surface area (Å²) in [5.41, 5.74) is 3.61. The first-order valence-corrected chi connectivity index (χ1v) is 12.1. The van der Waals surface area contributed by atoms with Gasteiger partial charge in [-0.15, -0.1) is 0 Å². The molecule has 3 heteroatoms. The van der Waals surface area contributed by atoms with Crippen LogP contribution in [0.5, 0.6) is 0 Å². The molecule has 2 saturated heterocycles. The summed E-state index contributed by atoms with van der Waals surface area (Å²) in [6, 6.07) is 9.31. The normalized spacial score (nSPS) is 27.9. The highest BCUT2D eigenvalue weighted by atomic mass is 16.5. The Labute approximate surface area is 178 Å². The van der Waals surface area contributed by atoms with Crippen molar-refractivity contribution in [2.45, 2.75) is 65.2 Å². The second kappa shape index (κ2) is 9.39. The fourth-order valence-corrected chi connectivity index (χ4v) is 5.86. The molecule has 1 aliphatic carbocycles. The summed E-state index contributed by atoms with van der Waals surface area (Å²) in [4.78, 5) is 5.37. The number of hydrogen-bond donors (Lipinski definition) is 0. The van der Waals surface area contributed by atoms with E-state index in [2.05, 4.69) is 54.8 Å². The highest BCUT2D eigenvalue weighted by molar-refractivity contribution is 5.55. The molecule has 1 saturated carbocycles. The highest BCUT2D eigenvalue weighted by Crippen LogP contribution is 2.45. The summed E-state index contributed by atoms with van der Waals surface area (Å²) in [5.74, 6) is 2.49. The van der Waals surface area contributed by atoms with Crippen LogP contribution in [-0.2, 0) is 4.74 Å². The minimum absolute atomic E-state index is 0.464. The predicted octanol–water partition coefficient (Wildman–Crippen LogP) is 5.56. The quantitative estimate of drug-likeness (QED) is 0.661. The second-order valence-corrected chi connectivity index (χ2v) is 10.8. The Kier molecular flexibility index (Phi) is 6.86. The van der Waals surface area contributed by atoms with Crippen LogP contribution >= 0.6 is 0 Å². The Morgan fingerprint density at radius 2 is 1.52 bits per heavy atom. The molecule has 0 N–H and O–H groups in total. The average molecular weight is 399 g/mol. The monoisotopic (exact) mass is 398 g/mol. The van der Waals surface area contributed by atoms with Crippen LogP contribution in [0.25, 0.3) is 0 Å². The van der Waals surface area contributed by atoms with Gasteiger partial charge in [0.25, 0.3) is 0 Å². The molecule has 1 aromatic carbocycles. The number of hydrogen-bond acceptors (Lipinski definition) is 3. The van der Waals surface area contributed by atoms with E-state index in [1.807, 2.05) is 0 Å². The van der Waals surface area contributed by atoms with Gasteiger partial charge < -0.3 is 9.64 Å². The molecule has 3 nitrogen and oxygen atoms in total. The molecule has 2 aliphatic heterocycles. The van der Waals surface area contributed by atoms with Gasteiger partial charge in [-0.3, -0.25) is 4.90 Å². The molecule has 0 unspecified atom stereocenters. The molecular formula is C26H42N2O. The van der Waals surface area contributed by atoms with Crippen LogP contribution in [-0.4, -0.2) is 50.8 Å². The van der Waals surface area contributed by atoms with Gasteiger partial charge in [-0.1, -0.05) is 39.0 Å². The largest absolute Gasteiger partial charge is 0.381 e. The molecule has 162 valence electrons. The van der Waals surface area contributed by atoms with Crippen LogP contribution in [0, 0.1) is 17.3 Å². The lowest BCUT2D eigenvalue weighted by Gasteiger charge is -2.41. The van der Waals surface area contributed by atoms with Crippen molar-refractivity contribution in [3.63, 3.8) is 0 Å². The van der Waals surface area contributed by atoms with E-state index in [-0.39, 0.29) is 0 Å². The minimum Gasteiger partial charge on any atom is -0.381 e. The third kappa shape index (κ3) is 5.35. The third-order valence-electron chi connectivity index (χ3n) is 7.90. The third-order valence-corrected chi connectivity index (χ3v) is 7.90. The maximum Gasteiger partial charge on any atom is 0.0469 e. The molecule has 3 fully saturated rings. The van der Waals surface area contributed by atoms with E-state index in [1.54, 1.807) is 5.56 Å². The van der Waals surface area contributed by atoms with E-state index in [0.717, 1.165) is 31.0 Å². The summed E-state index contributed by atoms with van der Waals surface area (Å²) in [5, 5.41) is 0. The predicted molar refractivity (Wildman–Crippen MR) is 123 cm³/mol. The average Bonchev–Trinajstić information content (AvgIpc) is 2.75. The maximum atomic E-state index is 5.53. The molecule has 1 aromatic rings. The number of benzene rings is 1. The first-order valence-electron chi connectivity index (χ1n) is 12.1. The minimum atomic E-state index is 0.464. The standard InChI is InChI=1S/C26H42N2O/c1-26(2,3)23-10-8-22(9-11-23)24-6-4-5-7-25(24)28-16-14-27(15-17-28)20-21-12-18-29-19-13-21/h4-7,21-23H,8-20H2,1-3H3. The summed E-state index contributed by atoms with van der Waals surface area (Å²) < 4.78 is 5.53. The van der Waals surface area contributed by atoms with Crippen molar-refractivity contribution in [2.75, 3.05) is 50.8 Å². The van der Waals surface area contributed by atoms with E-state index in [1.165, 1.54) is 76.9 Å². The Bertz CT molecular complexity index is 630. The van der Waals surface area contributed by atoms with Gasteiger partial charge in [-0.25, -0.2) is 0 Å². The zero-order valence-electron chi connectivity index (χ0n) is 19.0. The van der Waals surface area contributed by atoms with E-state index >= 15 is 0 Å². The molecule has 0 aromatic heterocycles. The van der Waals surface area contributed by atoms with Gasteiger partial charge in [0.15, 0.2) is 0 Å². The fourth-order valence-electron chi connectivity index (χ4n) is 5.86. The van der Waals surface area contributed by atoms with E-state index < -0.39 is 0 Å². The molecule has 0 radical (unpaired) electrons. The topological polar surface area (TPSA) is 15.7 Å². The zero-order chi connectivity index (χ0) is 20.3. The van der Waals surface area contributed by atoms with Crippen molar-refractivity contribution in [1.29, 1.82) is 0 Å². The number of ether oxygens (including phenoxy) is 1. The van der Waals surface area contributed by atoms with Gasteiger partial charge in [0, 0.05) is 51.6 Å². The maximum absolute atomic E-state index is 5.53. The molecule has 0 spiro atoms. The summed E-state index contributed by atoms with van der Waals surface area (Å²) in [6.45, 7) is 15.3. The zero-order valence-corrected chi connectivity index (χ0v) is 19.0. The lowest BCUT2D eigenvalue weighted by molar-refractivity contribution is 0.0517. The Balaban J connectivity index is 1.34. The lowest BCUT2D eigenvalue weighted by atomic mass is 9.68. The molecule has 3 aliphatic rings.